The second kappa shape index (κ2) is 12.3. The summed E-state index contributed by atoms with van der Waals surface area (Å²) in [5, 5.41) is 25.0. The quantitative estimate of drug-likeness (QED) is 0.258. The molecule has 4 N–H and O–H groups in total. The molecule has 0 radical (unpaired) electrons. The van der Waals surface area contributed by atoms with E-state index in [-0.39, 0.29) is 25.4 Å². The van der Waals surface area contributed by atoms with Gasteiger partial charge in [0.15, 0.2) is 0 Å². The average Bonchev–Trinajstić information content (AvgIpc) is 2.59. The second-order valence-corrected chi connectivity index (χ2v) is 6.14. The van der Waals surface area contributed by atoms with Gasteiger partial charge in [0.1, 0.15) is 0 Å². The molecular weight excluding hydrogens is 372 g/mol. The predicted octanol–water partition coefficient (Wildman–Crippen LogP) is 0.186. The zero-order chi connectivity index (χ0) is 20.2. The Kier molecular flexibility index (Phi) is 11.4. The van der Waals surface area contributed by atoms with Gasteiger partial charge in [0.25, 0.3) is 10.1 Å². The maximum Gasteiger partial charge on any atom is 0.338 e. The third-order valence-corrected chi connectivity index (χ3v) is 3.43. The molecule has 0 unspecified atom stereocenters. The highest BCUT2D eigenvalue weighted by Crippen LogP contribution is 2.16. The Balaban J connectivity index is 0.000000758. The van der Waals surface area contributed by atoms with Crippen LogP contribution < -0.4 is 0 Å². The van der Waals surface area contributed by atoms with E-state index in [1.807, 2.05) is 0 Å². The van der Waals surface area contributed by atoms with E-state index in [4.69, 9.17) is 24.6 Å². The minimum absolute atomic E-state index is 0.0278. The molecule has 148 valence electrons. The van der Waals surface area contributed by atoms with Crippen molar-refractivity contribution < 1.29 is 47.4 Å². The second-order valence-electron chi connectivity index (χ2n) is 4.72. The van der Waals surface area contributed by atoms with Gasteiger partial charge in [-0.15, -0.1) is 0 Å². The van der Waals surface area contributed by atoms with Crippen molar-refractivity contribution in [3.8, 4) is 0 Å². The van der Waals surface area contributed by atoms with Gasteiger partial charge in [0, 0.05) is 0 Å². The van der Waals surface area contributed by atoms with Crippen molar-refractivity contribution in [1.82, 2.24) is 0 Å². The Bertz CT molecular complexity index is 680. The first-order valence-electron chi connectivity index (χ1n) is 7.49. The number of carbonyl (C=O) groups is 2. The summed E-state index contributed by atoms with van der Waals surface area (Å²) in [4.78, 5) is 21.7. The minimum atomic E-state index is -4.61. The Labute approximate surface area is 150 Å². The van der Waals surface area contributed by atoms with Crippen LogP contribution in [0.1, 0.15) is 34.1 Å². The normalized spacial score (nSPS) is 10.6. The van der Waals surface area contributed by atoms with Crippen LogP contribution in [0.2, 0.25) is 0 Å². The number of hydrogen-bond acceptors (Lipinski definition) is 8. The van der Waals surface area contributed by atoms with E-state index in [0.29, 0.717) is 19.6 Å². The van der Waals surface area contributed by atoms with Crippen LogP contribution in [0.25, 0.3) is 0 Å². The third kappa shape index (κ3) is 9.44. The summed E-state index contributed by atoms with van der Waals surface area (Å²) >= 11 is 0. The molecule has 1 aromatic rings. The molecule has 0 fully saturated rings. The van der Waals surface area contributed by atoms with Crippen LogP contribution in [-0.4, -0.2) is 73.3 Å². The number of benzene rings is 1. The van der Waals surface area contributed by atoms with Crippen molar-refractivity contribution >= 4 is 22.1 Å². The molecule has 11 heteroatoms. The first kappa shape index (κ1) is 23.9. The lowest BCUT2D eigenvalue weighted by molar-refractivity contribution is 0.0504. The van der Waals surface area contributed by atoms with Crippen LogP contribution in [0.5, 0.6) is 0 Å². The van der Waals surface area contributed by atoms with E-state index in [1.54, 1.807) is 6.92 Å². The smallest absolute Gasteiger partial charge is 0.338 e. The van der Waals surface area contributed by atoms with Crippen molar-refractivity contribution in [2.75, 3.05) is 33.0 Å². The molecule has 0 saturated carbocycles. The van der Waals surface area contributed by atoms with Gasteiger partial charge >= 0.3 is 11.9 Å². The first-order chi connectivity index (χ1) is 12.2. The number of carboxylic acid groups (broad SMARTS) is 1. The number of aliphatic hydroxyl groups is 2. The predicted molar refractivity (Wildman–Crippen MR) is 88.8 cm³/mol. The van der Waals surface area contributed by atoms with E-state index in [9.17, 15) is 18.0 Å². The number of ether oxygens (including phenoxy) is 2. The fourth-order valence-electron chi connectivity index (χ4n) is 1.50. The summed E-state index contributed by atoms with van der Waals surface area (Å²) in [7, 11) is -4.61. The minimum Gasteiger partial charge on any atom is -0.478 e. The van der Waals surface area contributed by atoms with Crippen LogP contribution in [0.4, 0.5) is 0 Å². The Hall–Kier alpha value is -2.05. The molecule has 0 bridgehead atoms. The van der Waals surface area contributed by atoms with Crippen LogP contribution in [0.3, 0.4) is 0 Å². The van der Waals surface area contributed by atoms with E-state index >= 15 is 0 Å². The van der Waals surface area contributed by atoms with Crippen LogP contribution in [-0.2, 0) is 19.6 Å². The fraction of sp³-hybridized carbons (Fsp3) is 0.467. The number of hydrogen-bond donors (Lipinski definition) is 4. The summed E-state index contributed by atoms with van der Waals surface area (Å²) in [5.41, 5.74) is -0.681. The van der Waals surface area contributed by atoms with Crippen molar-refractivity contribution in [1.29, 1.82) is 0 Å². The molecule has 1 rings (SSSR count). The number of esters is 1. The first-order valence-corrected chi connectivity index (χ1v) is 8.93. The molecule has 0 aromatic heterocycles. The molecule has 0 spiro atoms. The van der Waals surface area contributed by atoms with Gasteiger partial charge in [0.2, 0.25) is 0 Å². The average molecular weight is 394 g/mol. The van der Waals surface area contributed by atoms with E-state index in [1.165, 1.54) is 0 Å². The number of rotatable bonds is 9. The van der Waals surface area contributed by atoms with Gasteiger partial charge in [-0.05, 0) is 24.6 Å². The molecule has 0 heterocycles. The molecule has 26 heavy (non-hydrogen) atoms. The van der Waals surface area contributed by atoms with Gasteiger partial charge in [0.05, 0.1) is 49.1 Å². The Morgan fingerprint density at radius 2 is 1.54 bits per heavy atom. The summed E-state index contributed by atoms with van der Waals surface area (Å²) in [6, 6.07) is 2.60. The highest BCUT2D eigenvalue weighted by molar-refractivity contribution is 7.85. The topological polar surface area (TPSA) is 168 Å². The highest BCUT2D eigenvalue weighted by Gasteiger charge is 2.18. The monoisotopic (exact) mass is 394 g/mol. The van der Waals surface area contributed by atoms with E-state index in [2.05, 4.69) is 4.74 Å². The molecule has 0 atom stereocenters. The van der Waals surface area contributed by atoms with E-state index < -0.39 is 32.5 Å². The van der Waals surface area contributed by atoms with Crippen LogP contribution in [0, 0.1) is 0 Å². The lowest BCUT2D eigenvalue weighted by Gasteiger charge is -2.06. The van der Waals surface area contributed by atoms with Gasteiger partial charge < -0.3 is 24.8 Å². The lowest BCUT2D eigenvalue weighted by atomic mass is 10.1. The van der Waals surface area contributed by atoms with Gasteiger partial charge in [-0.2, -0.15) is 8.42 Å². The molecule has 10 nitrogen and oxygen atoms in total. The largest absolute Gasteiger partial charge is 0.478 e. The van der Waals surface area contributed by atoms with Crippen molar-refractivity contribution in [2.24, 2.45) is 0 Å². The zero-order valence-electron chi connectivity index (χ0n) is 14.1. The Morgan fingerprint density at radius 1 is 1.00 bits per heavy atom. The zero-order valence-corrected chi connectivity index (χ0v) is 14.9. The summed E-state index contributed by atoms with van der Waals surface area (Å²) in [6.45, 7) is 2.59. The van der Waals surface area contributed by atoms with E-state index in [0.717, 1.165) is 18.2 Å². The maximum atomic E-state index is 11.6. The van der Waals surface area contributed by atoms with Gasteiger partial charge in [-0.1, -0.05) is 6.92 Å². The number of aliphatic hydroxyl groups excluding tert-OH is 2. The fourth-order valence-corrected chi connectivity index (χ4v) is 2.05. The molecule has 1 aromatic carbocycles. The van der Waals surface area contributed by atoms with Crippen LogP contribution >= 0.6 is 0 Å². The molecule has 0 aliphatic carbocycles. The van der Waals surface area contributed by atoms with Crippen molar-refractivity contribution in [3.63, 3.8) is 0 Å². The number of carbonyl (C=O) groups excluding carboxylic acids is 1. The summed E-state index contributed by atoms with van der Waals surface area (Å²) in [5.74, 6) is -2.27. The SMILES string of the molecule is CCCOC(=O)c1cc(C(=O)O)cc(S(=O)(=O)O)c1.OCCOCCO. The standard InChI is InChI=1S/C11H12O7S.C4H10O3/c1-2-3-18-11(14)8-4-7(10(12)13)5-9(6-8)19(15,16)17;5-1-3-7-4-2-6/h4-6H,2-3H2,1H3,(H,12,13)(H,15,16,17);5-6H,1-4H2. The molecule has 0 amide bonds. The third-order valence-electron chi connectivity index (χ3n) is 2.60. The van der Waals surface area contributed by atoms with Crippen LogP contribution in [0.15, 0.2) is 23.1 Å². The lowest BCUT2D eigenvalue weighted by Crippen LogP contribution is -2.10. The molecule has 0 aliphatic rings. The molecular formula is C15H22O10S. The molecule has 0 aliphatic heterocycles. The Morgan fingerprint density at radius 3 is 1.96 bits per heavy atom. The van der Waals surface area contributed by atoms with Crippen molar-refractivity contribution in [3.05, 3.63) is 29.3 Å². The van der Waals surface area contributed by atoms with Gasteiger partial charge in [-0.25, -0.2) is 9.59 Å². The summed E-state index contributed by atoms with van der Waals surface area (Å²) in [6.07, 6.45) is 0.565. The highest BCUT2D eigenvalue weighted by atomic mass is 32.2. The van der Waals surface area contributed by atoms with Gasteiger partial charge in [-0.3, -0.25) is 4.55 Å². The van der Waals surface area contributed by atoms with Crippen molar-refractivity contribution in [2.45, 2.75) is 18.2 Å². The maximum absolute atomic E-state index is 11.6. The number of aromatic carboxylic acids is 1. The number of carboxylic acids is 1. The summed E-state index contributed by atoms with van der Waals surface area (Å²) < 4.78 is 40.3. The molecule has 0 saturated heterocycles.